The molecule has 0 aliphatic carbocycles. The highest BCUT2D eigenvalue weighted by molar-refractivity contribution is 7.88. The number of rotatable bonds is 10. The first-order valence-corrected chi connectivity index (χ1v) is 11.2. The van der Waals surface area contributed by atoms with Crippen LogP contribution in [0.15, 0.2) is 18.2 Å². The summed E-state index contributed by atoms with van der Waals surface area (Å²) < 4.78 is 50.6. The van der Waals surface area contributed by atoms with Gasteiger partial charge in [0.05, 0.1) is 12.6 Å². The van der Waals surface area contributed by atoms with Crippen LogP contribution in [0, 0.1) is 17.6 Å². The number of halogens is 2. The normalized spacial score (nSPS) is 14.0. The van der Waals surface area contributed by atoms with E-state index >= 15 is 0 Å². The summed E-state index contributed by atoms with van der Waals surface area (Å²) in [4.78, 5) is 12.5. The summed E-state index contributed by atoms with van der Waals surface area (Å²) >= 11 is 0. The lowest BCUT2D eigenvalue weighted by Gasteiger charge is -2.19. The molecule has 166 valence electrons. The summed E-state index contributed by atoms with van der Waals surface area (Å²) in [6, 6.07) is 2.84. The summed E-state index contributed by atoms with van der Waals surface area (Å²) in [5, 5.41) is 17.7. The summed E-state index contributed by atoms with van der Waals surface area (Å²) in [6.07, 6.45) is 0.746. The molecular weight excluding hydrogens is 416 g/mol. The van der Waals surface area contributed by atoms with E-state index in [0.717, 1.165) is 18.2 Å². The molecule has 0 saturated heterocycles. The Kier molecular flexibility index (Phi) is 8.16. The van der Waals surface area contributed by atoms with E-state index in [9.17, 15) is 22.3 Å². The first-order valence-electron chi connectivity index (χ1n) is 9.53. The van der Waals surface area contributed by atoms with Gasteiger partial charge >= 0.3 is 0 Å². The van der Waals surface area contributed by atoms with Crippen molar-refractivity contribution < 1.29 is 22.3 Å². The van der Waals surface area contributed by atoms with Gasteiger partial charge in [0.2, 0.25) is 16.0 Å². The second-order valence-corrected chi connectivity index (χ2v) is 9.34. The molecule has 1 aromatic heterocycles. The van der Waals surface area contributed by atoms with Gasteiger partial charge in [-0.2, -0.15) is 9.97 Å². The zero-order valence-electron chi connectivity index (χ0n) is 17.1. The van der Waals surface area contributed by atoms with Crippen molar-refractivity contribution in [3.05, 3.63) is 47.0 Å². The van der Waals surface area contributed by atoms with Gasteiger partial charge < -0.3 is 10.4 Å². The maximum atomic E-state index is 14.1. The first-order chi connectivity index (χ1) is 14.0. The molecule has 0 fully saturated rings. The van der Waals surface area contributed by atoms with E-state index in [1.165, 1.54) is 0 Å². The van der Waals surface area contributed by atoms with Crippen molar-refractivity contribution in [3.63, 3.8) is 0 Å². The molecule has 2 atom stereocenters. The Balaban J connectivity index is 2.34. The molecule has 0 spiro atoms. The average Bonchev–Trinajstić information content (AvgIpc) is 2.61. The Morgan fingerprint density at radius 3 is 2.40 bits per heavy atom. The van der Waals surface area contributed by atoms with Crippen molar-refractivity contribution in [3.8, 4) is 0 Å². The number of nitrogens with zero attached hydrogens (tertiary/aromatic N) is 3. The minimum atomic E-state index is -3.90. The van der Waals surface area contributed by atoms with Crippen molar-refractivity contribution in [2.75, 3.05) is 11.9 Å². The highest BCUT2D eigenvalue weighted by Gasteiger charge is 2.19. The van der Waals surface area contributed by atoms with Crippen molar-refractivity contribution >= 4 is 16.0 Å². The molecule has 0 saturated carbocycles. The molecule has 0 bridgehead atoms. The Morgan fingerprint density at radius 1 is 1.13 bits per heavy atom. The minimum absolute atomic E-state index is 0.0712. The highest BCUT2D eigenvalue weighted by atomic mass is 32.2. The lowest BCUT2D eigenvalue weighted by molar-refractivity contribution is 0.259. The van der Waals surface area contributed by atoms with Gasteiger partial charge in [-0.05, 0) is 42.0 Å². The number of anilines is 1. The zero-order valence-corrected chi connectivity index (χ0v) is 18.0. The van der Waals surface area contributed by atoms with Crippen molar-refractivity contribution in [1.82, 2.24) is 15.0 Å². The van der Waals surface area contributed by atoms with Crippen LogP contribution in [-0.4, -0.2) is 41.1 Å². The van der Waals surface area contributed by atoms with Crippen LogP contribution in [-0.2, 0) is 22.2 Å². The highest BCUT2D eigenvalue weighted by Crippen LogP contribution is 2.23. The summed E-state index contributed by atoms with van der Waals surface area (Å²) in [5.74, 6) is -1.71. The maximum absolute atomic E-state index is 14.1. The SMILES string of the molecule is CC(C)C[C@H](CO)Nc1nc(C[C@H](C)c2cc(F)ccc2F)nc(CS(N)(=O)=O)n1. The second kappa shape index (κ2) is 10.2. The van der Waals surface area contributed by atoms with Crippen LogP contribution < -0.4 is 10.5 Å². The van der Waals surface area contributed by atoms with Crippen LogP contribution in [0.3, 0.4) is 0 Å². The van der Waals surface area contributed by atoms with Gasteiger partial charge in [0.15, 0.2) is 5.82 Å². The zero-order chi connectivity index (χ0) is 22.5. The van der Waals surface area contributed by atoms with Crippen LogP contribution in [0.2, 0.25) is 0 Å². The standard InChI is InChI=1S/C19H27F2N5O3S/c1-11(2)6-14(9-27)23-19-25-17(24-18(26-19)10-30(22,28)29)7-12(3)15-8-13(20)4-5-16(15)21/h4-5,8,11-12,14,27H,6-7,9-10H2,1-3H3,(H2,22,28,29)(H,23,24,25,26)/t12-,14+/m0/s1. The molecule has 0 aliphatic rings. The predicted molar refractivity (Wildman–Crippen MR) is 109 cm³/mol. The van der Waals surface area contributed by atoms with Crippen molar-refractivity contribution in [1.29, 1.82) is 0 Å². The third-order valence-corrected chi connectivity index (χ3v) is 5.01. The fraction of sp³-hybridized carbons (Fsp3) is 0.526. The molecule has 0 radical (unpaired) electrons. The Labute approximate surface area is 175 Å². The molecule has 0 amide bonds. The Morgan fingerprint density at radius 2 is 1.80 bits per heavy atom. The number of nitrogens with one attached hydrogen (secondary N) is 1. The molecule has 0 aliphatic heterocycles. The minimum Gasteiger partial charge on any atom is -0.394 e. The van der Waals surface area contributed by atoms with Crippen molar-refractivity contribution in [2.24, 2.45) is 11.1 Å². The van der Waals surface area contributed by atoms with Crippen molar-refractivity contribution in [2.45, 2.75) is 51.3 Å². The number of aliphatic hydroxyl groups excluding tert-OH is 1. The summed E-state index contributed by atoms with van der Waals surface area (Å²) in [7, 11) is -3.90. The largest absolute Gasteiger partial charge is 0.394 e. The van der Waals surface area contributed by atoms with E-state index in [4.69, 9.17) is 5.14 Å². The Bertz CT molecular complexity index is 973. The van der Waals surface area contributed by atoms with Gasteiger partial charge in [0, 0.05) is 6.42 Å². The van der Waals surface area contributed by atoms with E-state index in [-0.39, 0.29) is 48.1 Å². The molecule has 1 heterocycles. The van der Waals surface area contributed by atoms with Gasteiger partial charge in [0.25, 0.3) is 0 Å². The maximum Gasteiger partial charge on any atom is 0.226 e. The lowest BCUT2D eigenvalue weighted by Crippen LogP contribution is -2.28. The predicted octanol–water partition coefficient (Wildman–Crippen LogP) is 2.10. The third kappa shape index (κ3) is 7.54. The van der Waals surface area contributed by atoms with Gasteiger partial charge in [0.1, 0.15) is 23.2 Å². The fourth-order valence-corrected chi connectivity index (χ4v) is 3.56. The number of hydrogen-bond donors (Lipinski definition) is 3. The lowest BCUT2D eigenvalue weighted by atomic mass is 9.97. The van der Waals surface area contributed by atoms with Gasteiger partial charge in [-0.3, -0.25) is 0 Å². The van der Waals surface area contributed by atoms with Gasteiger partial charge in [-0.1, -0.05) is 20.8 Å². The van der Waals surface area contributed by atoms with E-state index in [2.05, 4.69) is 20.3 Å². The molecule has 11 heteroatoms. The van der Waals surface area contributed by atoms with Crippen LogP contribution in [0.1, 0.15) is 50.3 Å². The number of hydrogen-bond acceptors (Lipinski definition) is 7. The molecular formula is C19H27F2N5O3S. The van der Waals surface area contributed by atoms with E-state index < -0.39 is 33.3 Å². The number of benzene rings is 1. The average molecular weight is 444 g/mol. The fourth-order valence-electron chi connectivity index (χ4n) is 3.08. The summed E-state index contributed by atoms with van der Waals surface area (Å²) in [6.45, 7) is 5.49. The smallest absolute Gasteiger partial charge is 0.226 e. The molecule has 2 rings (SSSR count). The molecule has 30 heavy (non-hydrogen) atoms. The monoisotopic (exact) mass is 443 g/mol. The number of sulfonamides is 1. The second-order valence-electron chi connectivity index (χ2n) is 7.72. The van der Waals surface area contributed by atoms with Crippen LogP contribution >= 0.6 is 0 Å². The topological polar surface area (TPSA) is 131 Å². The number of aromatic nitrogens is 3. The van der Waals surface area contributed by atoms with E-state index in [1.807, 2.05) is 13.8 Å². The third-order valence-electron chi connectivity index (χ3n) is 4.35. The molecule has 2 aromatic rings. The molecule has 0 unspecified atom stereocenters. The molecule has 4 N–H and O–H groups in total. The number of nitrogens with two attached hydrogens (primary N) is 1. The Hall–Kier alpha value is -2.24. The van der Waals surface area contributed by atoms with Gasteiger partial charge in [-0.25, -0.2) is 27.3 Å². The number of primary sulfonamides is 1. The van der Waals surface area contributed by atoms with Gasteiger partial charge in [-0.15, -0.1) is 0 Å². The van der Waals surface area contributed by atoms with E-state index in [1.54, 1.807) is 6.92 Å². The molecule has 8 nitrogen and oxygen atoms in total. The summed E-state index contributed by atoms with van der Waals surface area (Å²) in [5.41, 5.74) is 0.158. The first kappa shape index (κ1) is 24.0. The quantitative estimate of drug-likeness (QED) is 0.512. The van der Waals surface area contributed by atoms with E-state index in [0.29, 0.717) is 6.42 Å². The number of aliphatic hydroxyl groups is 1. The van der Waals surface area contributed by atoms with Crippen LogP contribution in [0.4, 0.5) is 14.7 Å². The van der Waals surface area contributed by atoms with Crippen LogP contribution in [0.5, 0.6) is 0 Å². The van der Waals surface area contributed by atoms with Crippen LogP contribution in [0.25, 0.3) is 0 Å². The molecule has 1 aromatic carbocycles.